The van der Waals surface area contributed by atoms with Gasteiger partial charge >= 0.3 is 11.9 Å². The van der Waals surface area contributed by atoms with Gasteiger partial charge in [0.15, 0.2) is 6.61 Å². The van der Waals surface area contributed by atoms with Crippen LogP contribution in [0.25, 0.3) is 0 Å². The fraction of sp³-hybridized carbons (Fsp3) is 0.526. The van der Waals surface area contributed by atoms with Crippen LogP contribution in [-0.2, 0) is 33.9 Å². The van der Waals surface area contributed by atoms with Crippen molar-refractivity contribution >= 4 is 27.9 Å². The molecule has 1 heterocycles. The Morgan fingerprint density at radius 2 is 1.76 bits per heavy atom. The first-order chi connectivity index (χ1) is 13.7. The van der Waals surface area contributed by atoms with Crippen molar-refractivity contribution in [3.05, 3.63) is 30.3 Å². The predicted octanol–water partition coefficient (Wildman–Crippen LogP) is 0.698. The van der Waals surface area contributed by atoms with Gasteiger partial charge in [0.1, 0.15) is 6.04 Å². The van der Waals surface area contributed by atoms with Crippen LogP contribution in [-0.4, -0.2) is 63.5 Å². The van der Waals surface area contributed by atoms with Crippen molar-refractivity contribution in [2.45, 2.75) is 37.6 Å². The standard InChI is InChI=1S/C19H26N2O7S/c1-3-27-19(24)15-9-11-21(12-10-15)17(22)13-28-18(23)14(2)20-29(25,26)16-7-5-4-6-8-16/h4-8,14-15,20H,3,9-13H2,1-2H3. The Labute approximate surface area is 170 Å². The summed E-state index contributed by atoms with van der Waals surface area (Å²) >= 11 is 0. The van der Waals surface area contributed by atoms with E-state index in [1.165, 1.54) is 24.0 Å². The van der Waals surface area contributed by atoms with E-state index in [1.807, 2.05) is 0 Å². The molecule has 0 aromatic heterocycles. The van der Waals surface area contributed by atoms with E-state index in [-0.39, 0.29) is 16.8 Å². The van der Waals surface area contributed by atoms with Crippen LogP contribution < -0.4 is 4.72 Å². The Balaban J connectivity index is 1.78. The molecule has 1 aliphatic heterocycles. The number of nitrogens with zero attached hydrogens (tertiary/aromatic N) is 1. The van der Waals surface area contributed by atoms with Crippen LogP contribution in [0.1, 0.15) is 26.7 Å². The second-order valence-corrected chi connectivity index (χ2v) is 8.38. The van der Waals surface area contributed by atoms with Crippen molar-refractivity contribution in [3.63, 3.8) is 0 Å². The maximum atomic E-state index is 12.2. The van der Waals surface area contributed by atoms with Gasteiger partial charge in [-0.3, -0.25) is 14.4 Å². The lowest BCUT2D eigenvalue weighted by molar-refractivity contribution is -0.155. The molecule has 10 heteroatoms. The molecule has 29 heavy (non-hydrogen) atoms. The van der Waals surface area contributed by atoms with Crippen LogP contribution in [0.2, 0.25) is 0 Å². The van der Waals surface area contributed by atoms with Crippen LogP contribution in [0.15, 0.2) is 35.2 Å². The number of nitrogens with one attached hydrogen (secondary N) is 1. The highest BCUT2D eigenvalue weighted by Gasteiger charge is 2.29. The molecular formula is C19H26N2O7S. The molecule has 0 radical (unpaired) electrons. The molecule has 1 aromatic rings. The molecule has 9 nitrogen and oxygen atoms in total. The van der Waals surface area contributed by atoms with E-state index in [0.717, 1.165) is 0 Å². The van der Waals surface area contributed by atoms with Crippen molar-refractivity contribution < 1.29 is 32.3 Å². The van der Waals surface area contributed by atoms with E-state index in [1.54, 1.807) is 25.1 Å². The first kappa shape index (κ1) is 22.8. The maximum Gasteiger partial charge on any atom is 0.324 e. The van der Waals surface area contributed by atoms with E-state index in [4.69, 9.17) is 9.47 Å². The van der Waals surface area contributed by atoms with E-state index < -0.39 is 34.5 Å². The molecule has 1 amide bonds. The molecule has 1 fully saturated rings. The molecule has 1 saturated heterocycles. The molecule has 2 rings (SSSR count). The lowest BCUT2D eigenvalue weighted by Crippen LogP contribution is -2.44. The zero-order chi connectivity index (χ0) is 21.4. The summed E-state index contributed by atoms with van der Waals surface area (Å²) < 4.78 is 36.6. The van der Waals surface area contributed by atoms with Crippen molar-refractivity contribution in [2.24, 2.45) is 5.92 Å². The second-order valence-electron chi connectivity index (χ2n) is 6.67. The number of benzene rings is 1. The van der Waals surface area contributed by atoms with E-state index in [0.29, 0.717) is 32.5 Å². The van der Waals surface area contributed by atoms with Crippen LogP contribution in [0.5, 0.6) is 0 Å². The molecule has 0 bridgehead atoms. The topological polar surface area (TPSA) is 119 Å². The number of piperidine rings is 1. The normalized spacial score (nSPS) is 16.1. The highest BCUT2D eigenvalue weighted by Crippen LogP contribution is 2.18. The van der Waals surface area contributed by atoms with Gasteiger partial charge < -0.3 is 14.4 Å². The first-order valence-electron chi connectivity index (χ1n) is 9.43. The number of carbonyl (C=O) groups is 3. The van der Waals surface area contributed by atoms with Gasteiger partial charge in [-0.15, -0.1) is 0 Å². The smallest absolute Gasteiger partial charge is 0.324 e. The van der Waals surface area contributed by atoms with Gasteiger partial charge in [-0.2, -0.15) is 4.72 Å². The Bertz CT molecular complexity index is 818. The summed E-state index contributed by atoms with van der Waals surface area (Å²) in [6, 6.07) is 6.48. The number of ether oxygens (including phenoxy) is 2. The van der Waals surface area contributed by atoms with Gasteiger partial charge in [-0.05, 0) is 38.8 Å². The summed E-state index contributed by atoms with van der Waals surface area (Å²) in [7, 11) is -3.87. The number of likely N-dealkylation sites (tertiary alicyclic amines) is 1. The van der Waals surface area contributed by atoms with Crippen LogP contribution in [0.3, 0.4) is 0 Å². The largest absolute Gasteiger partial charge is 0.466 e. The number of sulfonamides is 1. The fourth-order valence-electron chi connectivity index (χ4n) is 2.92. The highest BCUT2D eigenvalue weighted by atomic mass is 32.2. The van der Waals surface area contributed by atoms with E-state index in [9.17, 15) is 22.8 Å². The summed E-state index contributed by atoms with van der Waals surface area (Å²) in [6.45, 7) is 3.66. The van der Waals surface area contributed by atoms with Crippen molar-refractivity contribution in [2.75, 3.05) is 26.3 Å². The minimum Gasteiger partial charge on any atom is -0.466 e. The van der Waals surface area contributed by atoms with Crippen molar-refractivity contribution in [1.82, 2.24) is 9.62 Å². The quantitative estimate of drug-likeness (QED) is 0.608. The SMILES string of the molecule is CCOC(=O)C1CCN(C(=O)COC(=O)C(C)NS(=O)(=O)c2ccccc2)CC1. The zero-order valence-corrected chi connectivity index (χ0v) is 17.3. The Morgan fingerprint density at radius 3 is 2.34 bits per heavy atom. The lowest BCUT2D eigenvalue weighted by atomic mass is 9.97. The molecule has 1 atom stereocenters. The summed E-state index contributed by atoms with van der Waals surface area (Å²) in [4.78, 5) is 37.6. The molecule has 1 unspecified atom stereocenters. The summed E-state index contributed by atoms with van der Waals surface area (Å²) in [5.41, 5.74) is 0. The number of hydrogen-bond acceptors (Lipinski definition) is 7. The maximum absolute atomic E-state index is 12.2. The molecule has 0 aliphatic carbocycles. The molecule has 1 aliphatic rings. The van der Waals surface area contributed by atoms with Gasteiger partial charge in [0.25, 0.3) is 5.91 Å². The van der Waals surface area contributed by atoms with Crippen molar-refractivity contribution in [1.29, 1.82) is 0 Å². The average Bonchev–Trinajstić information content (AvgIpc) is 2.72. The lowest BCUT2D eigenvalue weighted by Gasteiger charge is -2.30. The zero-order valence-electron chi connectivity index (χ0n) is 16.5. The van der Waals surface area contributed by atoms with E-state index in [2.05, 4.69) is 4.72 Å². The third-order valence-corrected chi connectivity index (χ3v) is 6.10. The average molecular weight is 426 g/mol. The van der Waals surface area contributed by atoms with Crippen LogP contribution in [0, 0.1) is 5.92 Å². The van der Waals surface area contributed by atoms with Crippen molar-refractivity contribution in [3.8, 4) is 0 Å². The fourth-order valence-corrected chi connectivity index (χ4v) is 4.14. The molecule has 1 aromatic carbocycles. The van der Waals surface area contributed by atoms with Gasteiger partial charge in [0, 0.05) is 13.1 Å². The Hall–Kier alpha value is -2.46. The minimum atomic E-state index is -3.87. The van der Waals surface area contributed by atoms with Gasteiger partial charge in [0.05, 0.1) is 17.4 Å². The van der Waals surface area contributed by atoms with Gasteiger partial charge in [-0.1, -0.05) is 18.2 Å². The number of carbonyl (C=O) groups excluding carboxylic acids is 3. The van der Waals surface area contributed by atoms with Gasteiger partial charge in [-0.25, -0.2) is 8.42 Å². The third-order valence-electron chi connectivity index (χ3n) is 4.54. The number of hydrogen-bond donors (Lipinski definition) is 1. The molecule has 0 saturated carbocycles. The number of esters is 2. The highest BCUT2D eigenvalue weighted by molar-refractivity contribution is 7.89. The summed E-state index contributed by atoms with van der Waals surface area (Å²) in [6.07, 6.45) is 0.984. The number of rotatable bonds is 8. The Kier molecular flexibility index (Phi) is 8.15. The van der Waals surface area contributed by atoms with Crippen LogP contribution in [0.4, 0.5) is 0 Å². The first-order valence-corrected chi connectivity index (χ1v) is 10.9. The minimum absolute atomic E-state index is 0.0280. The summed E-state index contributed by atoms with van der Waals surface area (Å²) in [5.74, 6) is -1.72. The molecule has 160 valence electrons. The second kappa shape index (κ2) is 10.4. The van der Waals surface area contributed by atoms with Crippen LogP contribution >= 0.6 is 0 Å². The predicted molar refractivity (Wildman–Crippen MR) is 103 cm³/mol. The monoisotopic (exact) mass is 426 g/mol. The van der Waals surface area contributed by atoms with Gasteiger partial charge in [0.2, 0.25) is 10.0 Å². The Morgan fingerprint density at radius 1 is 1.14 bits per heavy atom. The molecule has 0 spiro atoms. The molecular weight excluding hydrogens is 400 g/mol. The van der Waals surface area contributed by atoms with E-state index >= 15 is 0 Å². The number of amides is 1. The third kappa shape index (κ3) is 6.53. The molecule has 1 N–H and O–H groups in total. The summed E-state index contributed by atoms with van der Waals surface area (Å²) in [5, 5.41) is 0.